The van der Waals surface area contributed by atoms with E-state index >= 15 is 0 Å². The molecule has 7 nitrogen and oxygen atoms in total. The molecule has 0 amide bonds. The molecule has 4 aromatic rings. The third-order valence-electron chi connectivity index (χ3n) is 6.35. The Hall–Kier alpha value is -3.59. The molecule has 0 saturated carbocycles. The van der Waals surface area contributed by atoms with Gasteiger partial charge >= 0.3 is 0 Å². The zero-order chi connectivity index (χ0) is 24.0. The fourth-order valence-corrected chi connectivity index (χ4v) is 4.32. The number of nitrogens with zero attached hydrogens (tertiary/aromatic N) is 5. The number of fused-ring (bicyclic) bond motifs is 1. The van der Waals surface area contributed by atoms with E-state index in [4.69, 9.17) is 14.7 Å². The van der Waals surface area contributed by atoms with Crippen LogP contribution in [0.5, 0.6) is 0 Å². The third-order valence-corrected chi connectivity index (χ3v) is 6.35. The number of halogens is 2. The first-order valence-electron chi connectivity index (χ1n) is 11.1. The average molecular weight is 463 g/mol. The second-order valence-electron chi connectivity index (χ2n) is 8.55. The highest BCUT2D eigenvalue weighted by Gasteiger charge is 2.30. The largest absolute Gasteiger partial charge is 0.372 e. The van der Waals surface area contributed by atoms with Crippen molar-refractivity contribution in [1.29, 1.82) is 0 Å². The van der Waals surface area contributed by atoms with Gasteiger partial charge in [-0.2, -0.15) is 0 Å². The van der Waals surface area contributed by atoms with E-state index in [2.05, 4.69) is 9.97 Å². The fourth-order valence-electron chi connectivity index (χ4n) is 4.32. The van der Waals surface area contributed by atoms with Crippen LogP contribution in [0.25, 0.3) is 22.4 Å². The molecule has 0 spiro atoms. The summed E-state index contributed by atoms with van der Waals surface area (Å²) in [6.07, 6.45) is 0.896. The number of ether oxygens (including phenoxy) is 1. The molecule has 1 aliphatic heterocycles. The monoisotopic (exact) mass is 463 g/mol. The molecule has 5 rings (SSSR count). The Morgan fingerprint density at radius 1 is 1.03 bits per heavy atom. The zero-order valence-electron chi connectivity index (χ0n) is 19.0. The number of rotatable bonds is 3. The van der Waals surface area contributed by atoms with Crippen LogP contribution in [0.1, 0.15) is 47.8 Å². The van der Waals surface area contributed by atoms with Crippen LogP contribution in [0.3, 0.4) is 0 Å². The second-order valence-corrected chi connectivity index (χ2v) is 8.55. The molecule has 0 bridgehead atoms. The van der Waals surface area contributed by atoms with Crippen molar-refractivity contribution in [2.75, 3.05) is 6.61 Å². The van der Waals surface area contributed by atoms with Gasteiger partial charge in [0, 0.05) is 43.0 Å². The lowest BCUT2D eigenvalue weighted by Crippen LogP contribution is -2.26. The first-order valence-corrected chi connectivity index (χ1v) is 11.1. The SMILES string of the molecule is Cc1nc2nc([C@H]3CCO[C@H](c4cccc(=O)n4C)C3)nc(-c3ccc(F)cc3F)c2nc1C. The lowest BCUT2D eigenvalue weighted by molar-refractivity contribution is -0.000632. The van der Waals surface area contributed by atoms with Gasteiger partial charge in [0.1, 0.15) is 28.7 Å². The van der Waals surface area contributed by atoms with Gasteiger partial charge in [-0.05, 0) is 44.9 Å². The van der Waals surface area contributed by atoms with Gasteiger partial charge in [-0.25, -0.2) is 28.7 Å². The molecule has 34 heavy (non-hydrogen) atoms. The van der Waals surface area contributed by atoms with Gasteiger partial charge < -0.3 is 9.30 Å². The maximum Gasteiger partial charge on any atom is 0.250 e. The second kappa shape index (κ2) is 8.64. The summed E-state index contributed by atoms with van der Waals surface area (Å²) in [7, 11) is 1.72. The molecular weight excluding hydrogens is 440 g/mol. The maximum absolute atomic E-state index is 14.8. The Morgan fingerprint density at radius 2 is 1.82 bits per heavy atom. The van der Waals surface area contributed by atoms with Crippen LogP contribution in [0, 0.1) is 25.5 Å². The molecule has 0 N–H and O–H groups in total. The Bertz CT molecular complexity index is 1470. The van der Waals surface area contributed by atoms with E-state index in [9.17, 15) is 13.6 Å². The van der Waals surface area contributed by atoms with Crippen LogP contribution in [0.4, 0.5) is 8.78 Å². The van der Waals surface area contributed by atoms with Crippen LogP contribution < -0.4 is 5.56 Å². The lowest BCUT2D eigenvalue weighted by atomic mass is 9.92. The molecule has 9 heteroatoms. The Kier molecular flexibility index (Phi) is 5.65. The summed E-state index contributed by atoms with van der Waals surface area (Å²) < 4.78 is 35.9. The molecule has 0 radical (unpaired) electrons. The number of hydrogen-bond acceptors (Lipinski definition) is 6. The Morgan fingerprint density at radius 3 is 2.62 bits per heavy atom. The van der Waals surface area contributed by atoms with Gasteiger partial charge in [0.15, 0.2) is 5.65 Å². The van der Waals surface area contributed by atoms with Crippen LogP contribution in [-0.2, 0) is 11.8 Å². The number of aryl methyl sites for hydroxylation is 2. The van der Waals surface area contributed by atoms with Gasteiger partial charge in [0.05, 0.1) is 17.5 Å². The van der Waals surface area contributed by atoms with E-state index in [1.54, 1.807) is 17.7 Å². The van der Waals surface area contributed by atoms with E-state index in [0.717, 1.165) is 11.8 Å². The van der Waals surface area contributed by atoms with Gasteiger partial charge in [-0.3, -0.25) is 4.79 Å². The highest BCUT2D eigenvalue weighted by Crippen LogP contribution is 2.37. The molecule has 1 fully saturated rings. The van der Waals surface area contributed by atoms with E-state index in [1.807, 2.05) is 19.9 Å². The average Bonchev–Trinajstić information content (AvgIpc) is 2.81. The van der Waals surface area contributed by atoms with Gasteiger partial charge in [-0.15, -0.1) is 0 Å². The molecule has 2 atom stereocenters. The molecule has 1 aromatic carbocycles. The highest BCUT2D eigenvalue weighted by molar-refractivity contribution is 5.87. The minimum absolute atomic E-state index is 0.107. The van der Waals surface area contributed by atoms with Gasteiger partial charge in [0.2, 0.25) is 0 Å². The minimum atomic E-state index is -0.727. The predicted molar refractivity (Wildman–Crippen MR) is 122 cm³/mol. The molecule has 0 aliphatic carbocycles. The molecular formula is C25H23F2N5O2. The molecule has 0 unspecified atom stereocenters. The Balaban J connectivity index is 1.63. The summed E-state index contributed by atoms with van der Waals surface area (Å²) in [4.78, 5) is 30.7. The normalized spacial score (nSPS) is 18.4. The van der Waals surface area contributed by atoms with Crippen molar-refractivity contribution in [3.05, 3.63) is 81.3 Å². The smallest absolute Gasteiger partial charge is 0.250 e. The lowest BCUT2D eigenvalue weighted by Gasteiger charge is -2.30. The van der Waals surface area contributed by atoms with Crippen molar-refractivity contribution >= 4 is 11.2 Å². The molecule has 174 valence electrons. The molecule has 4 heterocycles. The van der Waals surface area contributed by atoms with Crippen molar-refractivity contribution in [1.82, 2.24) is 24.5 Å². The first kappa shape index (κ1) is 22.2. The van der Waals surface area contributed by atoms with Crippen LogP contribution in [0.15, 0.2) is 41.2 Å². The first-order chi connectivity index (χ1) is 16.3. The Labute approximate surface area is 194 Å². The number of hydrogen-bond donors (Lipinski definition) is 0. The van der Waals surface area contributed by atoms with Crippen LogP contribution in [0.2, 0.25) is 0 Å². The molecule has 3 aromatic heterocycles. The summed E-state index contributed by atoms with van der Waals surface area (Å²) in [6, 6.07) is 8.47. The van der Waals surface area contributed by atoms with E-state index in [-0.39, 0.29) is 28.8 Å². The van der Waals surface area contributed by atoms with Crippen LogP contribution >= 0.6 is 0 Å². The number of benzene rings is 1. The van der Waals surface area contributed by atoms with Gasteiger partial charge in [-0.1, -0.05) is 6.07 Å². The molecule has 1 aliphatic rings. The summed E-state index contributed by atoms with van der Waals surface area (Å²) >= 11 is 0. The minimum Gasteiger partial charge on any atom is -0.372 e. The third kappa shape index (κ3) is 3.96. The standard InChI is InChI=1S/C25H23F2N5O2/c1-13-14(2)29-25-23(28-13)22(17-8-7-16(26)12-18(17)27)30-24(31-25)15-9-10-34-20(11-15)19-5-4-6-21(33)32(19)3/h4-8,12,15,20H,9-11H2,1-3H3/t15-,20-/m0/s1. The summed E-state index contributed by atoms with van der Waals surface area (Å²) in [5.41, 5.74) is 3.21. The van der Waals surface area contributed by atoms with E-state index in [1.165, 1.54) is 18.2 Å². The van der Waals surface area contributed by atoms with E-state index < -0.39 is 11.6 Å². The summed E-state index contributed by atoms with van der Waals surface area (Å²) in [5.74, 6) is -1.00. The number of pyridine rings is 1. The predicted octanol–water partition coefficient (Wildman–Crippen LogP) is 4.32. The summed E-state index contributed by atoms with van der Waals surface area (Å²) in [6.45, 7) is 4.11. The van der Waals surface area contributed by atoms with Crippen molar-refractivity contribution in [3.8, 4) is 11.3 Å². The van der Waals surface area contributed by atoms with E-state index in [0.29, 0.717) is 47.8 Å². The molecule has 1 saturated heterocycles. The van der Waals surface area contributed by atoms with Crippen LogP contribution in [-0.4, -0.2) is 31.1 Å². The zero-order valence-corrected chi connectivity index (χ0v) is 19.0. The topological polar surface area (TPSA) is 82.8 Å². The van der Waals surface area contributed by atoms with Crippen molar-refractivity contribution < 1.29 is 13.5 Å². The number of aromatic nitrogens is 5. The highest BCUT2D eigenvalue weighted by atomic mass is 19.1. The maximum atomic E-state index is 14.8. The van der Waals surface area contributed by atoms with Crippen molar-refractivity contribution in [2.45, 2.75) is 38.7 Å². The van der Waals surface area contributed by atoms with Crippen molar-refractivity contribution in [2.24, 2.45) is 7.05 Å². The quantitative estimate of drug-likeness (QED) is 0.450. The van der Waals surface area contributed by atoms with Gasteiger partial charge in [0.25, 0.3) is 5.56 Å². The summed E-state index contributed by atoms with van der Waals surface area (Å²) in [5, 5.41) is 0. The van der Waals surface area contributed by atoms with Crippen molar-refractivity contribution in [3.63, 3.8) is 0 Å². The fraction of sp³-hybridized carbons (Fsp3) is 0.320.